The number of carbonyl (C=O) groups is 1. The van der Waals surface area contributed by atoms with Gasteiger partial charge in [0.25, 0.3) is 0 Å². The molecular formula is C22H19Cl3F4N2O2. The molecule has 0 aromatic heterocycles. The van der Waals surface area contributed by atoms with Gasteiger partial charge in [0.15, 0.2) is 0 Å². The van der Waals surface area contributed by atoms with Crippen molar-refractivity contribution in [3.63, 3.8) is 0 Å². The van der Waals surface area contributed by atoms with Crippen molar-refractivity contribution >= 4 is 46.4 Å². The molecule has 2 aromatic rings. The Kier molecular flexibility index (Phi) is 6.50. The number of nitrogens with zero attached hydrogens (tertiary/aromatic N) is 1. The Hall–Kier alpha value is -1.74. The zero-order valence-corrected chi connectivity index (χ0v) is 19.3. The van der Waals surface area contributed by atoms with Gasteiger partial charge in [-0.3, -0.25) is 4.79 Å². The van der Waals surface area contributed by atoms with Crippen molar-refractivity contribution in [3.8, 4) is 0 Å². The lowest BCUT2D eigenvalue weighted by Crippen LogP contribution is -2.52. The van der Waals surface area contributed by atoms with Gasteiger partial charge in [0.05, 0.1) is 15.1 Å². The van der Waals surface area contributed by atoms with Crippen LogP contribution in [0.2, 0.25) is 15.1 Å². The Labute approximate surface area is 202 Å². The molecule has 1 amide bonds. The van der Waals surface area contributed by atoms with Crippen molar-refractivity contribution in [1.82, 2.24) is 5.32 Å². The third-order valence-corrected chi connectivity index (χ3v) is 7.45. The van der Waals surface area contributed by atoms with Crippen molar-refractivity contribution in [2.24, 2.45) is 5.92 Å². The highest BCUT2D eigenvalue weighted by Gasteiger charge is 2.65. The summed E-state index contributed by atoms with van der Waals surface area (Å²) in [6.45, 7) is -0.228. The van der Waals surface area contributed by atoms with Gasteiger partial charge < -0.3 is 15.3 Å². The number of aliphatic hydroxyl groups is 1. The van der Waals surface area contributed by atoms with Crippen LogP contribution in [0.15, 0.2) is 30.3 Å². The first-order chi connectivity index (χ1) is 15.5. The molecule has 1 saturated carbocycles. The third-order valence-electron chi connectivity index (χ3n) is 6.26. The first-order valence-electron chi connectivity index (χ1n) is 10.2. The third kappa shape index (κ3) is 4.38. The molecule has 0 radical (unpaired) electrons. The summed E-state index contributed by atoms with van der Waals surface area (Å²) in [5.74, 6) is -0.876. The minimum atomic E-state index is -4.87. The molecule has 2 N–H and O–H groups in total. The topological polar surface area (TPSA) is 52.6 Å². The van der Waals surface area contributed by atoms with Crippen LogP contribution in [0.25, 0.3) is 0 Å². The van der Waals surface area contributed by atoms with E-state index in [-0.39, 0.29) is 56.8 Å². The second kappa shape index (κ2) is 8.80. The Balaban J connectivity index is 1.63. The summed E-state index contributed by atoms with van der Waals surface area (Å²) in [7, 11) is 0. The van der Waals surface area contributed by atoms with E-state index in [9.17, 15) is 27.5 Å². The molecule has 2 aromatic carbocycles. The number of amides is 1. The van der Waals surface area contributed by atoms with Crippen LogP contribution < -0.4 is 10.2 Å². The number of hydrogen-bond donors (Lipinski definition) is 2. The first-order valence-corrected chi connectivity index (χ1v) is 11.3. The highest BCUT2D eigenvalue weighted by molar-refractivity contribution is 6.48. The molecule has 4 nitrogen and oxygen atoms in total. The quantitative estimate of drug-likeness (QED) is 0.381. The SMILES string of the molecule is O=C(NCc1ccc(N2CC[C@@](c3cc(Cl)c(Cl)c(Cl)c3)(C(F)(F)F)[C@H]2O)cc1F)C1CC1. The van der Waals surface area contributed by atoms with Crippen LogP contribution >= 0.6 is 34.8 Å². The molecule has 0 spiro atoms. The summed E-state index contributed by atoms with van der Waals surface area (Å²) in [6, 6.07) is 5.94. The summed E-state index contributed by atoms with van der Waals surface area (Å²) in [5.41, 5.74) is -2.77. The Morgan fingerprint density at radius 1 is 1.15 bits per heavy atom. The number of anilines is 1. The lowest BCUT2D eigenvalue weighted by atomic mass is 9.77. The monoisotopic (exact) mass is 524 g/mol. The largest absolute Gasteiger partial charge is 0.402 e. The van der Waals surface area contributed by atoms with E-state index in [1.807, 2.05) is 0 Å². The number of benzene rings is 2. The molecule has 1 heterocycles. The second-order valence-electron chi connectivity index (χ2n) is 8.31. The van der Waals surface area contributed by atoms with Crippen molar-refractivity contribution in [3.05, 3.63) is 62.3 Å². The molecule has 2 atom stereocenters. The van der Waals surface area contributed by atoms with Crippen molar-refractivity contribution in [1.29, 1.82) is 0 Å². The Morgan fingerprint density at radius 2 is 1.79 bits per heavy atom. The molecule has 0 unspecified atom stereocenters. The second-order valence-corrected chi connectivity index (χ2v) is 9.50. The van der Waals surface area contributed by atoms with Gasteiger partial charge in [0.2, 0.25) is 5.91 Å². The zero-order chi connectivity index (χ0) is 24.1. The average Bonchev–Trinajstić information content (AvgIpc) is 3.52. The number of hydrogen-bond acceptors (Lipinski definition) is 3. The summed E-state index contributed by atoms with van der Waals surface area (Å²) >= 11 is 17.8. The van der Waals surface area contributed by atoms with Crippen LogP contribution in [0.5, 0.6) is 0 Å². The number of halogens is 7. The van der Waals surface area contributed by atoms with Crippen LogP contribution in [0.4, 0.5) is 23.2 Å². The fourth-order valence-electron chi connectivity index (χ4n) is 4.17. The summed E-state index contributed by atoms with van der Waals surface area (Å²) in [5, 5.41) is 13.1. The minimum absolute atomic E-state index is 0.0295. The maximum Gasteiger partial charge on any atom is 0.402 e. The van der Waals surface area contributed by atoms with E-state index < -0.39 is 30.1 Å². The van der Waals surface area contributed by atoms with Gasteiger partial charge in [-0.15, -0.1) is 0 Å². The maximum absolute atomic E-state index is 14.7. The standard InChI is InChI=1S/C22H19Cl3F4N2O2/c23-15-7-13(8-16(24)18(15)25)21(22(27,28)29)5-6-31(20(21)33)14-4-3-12(17(26)9-14)10-30-19(32)11-1-2-11/h3-4,7-9,11,20,33H,1-2,5-6,10H2,(H,30,32)/t20-,21+/m1/s1. The van der Waals surface area contributed by atoms with Crippen LogP contribution in [-0.4, -0.2) is 30.0 Å². The fraction of sp³-hybridized carbons (Fsp3) is 0.409. The molecule has 1 saturated heterocycles. The molecule has 2 fully saturated rings. The van der Waals surface area contributed by atoms with Crippen LogP contribution in [0, 0.1) is 11.7 Å². The van der Waals surface area contributed by atoms with Gasteiger partial charge in [-0.05, 0) is 49.1 Å². The Morgan fingerprint density at radius 3 is 2.33 bits per heavy atom. The van der Waals surface area contributed by atoms with Gasteiger partial charge in [-0.25, -0.2) is 4.39 Å². The van der Waals surface area contributed by atoms with E-state index >= 15 is 0 Å². The number of carbonyl (C=O) groups excluding carboxylic acids is 1. The number of alkyl halides is 3. The number of nitrogens with one attached hydrogen (secondary N) is 1. The molecular weight excluding hydrogens is 507 g/mol. The normalized spacial score (nSPS) is 23.2. The summed E-state index contributed by atoms with van der Waals surface area (Å²) < 4.78 is 57.8. The van der Waals surface area contributed by atoms with Crippen LogP contribution in [-0.2, 0) is 16.8 Å². The van der Waals surface area contributed by atoms with Crippen LogP contribution in [0.3, 0.4) is 0 Å². The van der Waals surface area contributed by atoms with Crippen molar-refractivity contribution in [2.45, 2.75) is 43.6 Å². The fourth-order valence-corrected chi connectivity index (χ4v) is 4.77. The van der Waals surface area contributed by atoms with E-state index in [0.717, 1.165) is 35.9 Å². The molecule has 178 valence electrons. The van der Waals surface area contributed by atoms with Crippen molar-refractivity contribution in [2.75, 3.05) is 11.4 Å². The molecule has 4 rings (SSSR count). The predicted molar refractivity (Wildman–Crippen MR) is 118 cm³/mol. The molecule has 1 aliphatic heterocycles. The smallest absolute Gasteiger partial charge is 0.372 e. The minimum Gasteiger partial charge on any atom is -0.372 e. The van der Waals surface area contributed by atoms with Gasteiger partial charge in [0, 0.05) is 30.3 Å². The first kappa shape index (κ1) is 24.4. The number of rotatable bonds is 5. The van der Waals surface area contributed by atoms with Gasteiger partial charge in [-0.1, -0.05) is 40.9 Å². The van der Waals surface area contributed by atoms with Crippen molar-refractivity contribution < 1.29 is 27.5 Å². The number of aliphatic hydroxyl groups excluding tert-OH is 1. The molecule has 33 heavy (non-hydrogen) atoms. The van der Waals surface area contributed by atoms with Gasteiger partial charge >= 0.3 is 6.18 Å². The Bertz CT molecular complexity index is 1070. The van der Waals surface area contributed by atoms with Crippen LogP contribution in [0.1, 0.15) is 30.4 Å². The van der Waals surface area contributed by atoms with Gasteiger partial charge in [-0.2, -0.15) is 13.2 Å². The maximum atomic E-state index is 14.7. The molecule has 2 aliphatic rings. The lowest BCUT2D eigenvalue weighted by molar-refractivity contribution is -0.210. The highest BCUT2D eigenvalue weighted by atomic mass is 35.5. The molecule has 11 heteroatoms. The van der Waals surface area contributed by atoms with E-state index in [1.165, 1.54) is 12.1 Å². The zero-order valence-electron chi connectivity index (χ0n) is 17.0. The van der Waals surface area contributed by atoms with E-state index in [4.69, 9.17) is 34.8 Å². The predicted octanol–water partition coefficient (Wildman–Crippen LogP) is 5.84. The lowest BCUT2D eigenvalue weighted by Gasteiger charge is -2.37. The summed E-state index contributed by atoms with van der Waals surface area (Å²) in [4.78, 5) is 12.9. The van der Waals surface area contributed by atoms with E-state index in [1.54, 1.807) is 0 Å². The highest BCUT2D eigenvalue weighted by Crippen LogP contribution is 2.53. The molecule has 0 bridgehead atoms. The summed E-state index contributed by atoms with van der Waals surface area (Å²) in [6.07, 6.45) is -5.82. The van der Waals surface area contributed by atoms with Gasteiger partial charge in [0.1, 0.15) is 17.5 Å². The van der Waals surface area contributed by atoms with E-state index in [2.05, 4.69) is 5.32 Å². The average molecular weight is 526 g/mol. The molecule has 1 aliphatic carbocycles. The van der Waals surface area contributed by atoms with E-state index in [0.29, 0.717) is 0 Å².